The standard InChI is InChI=1S/C20H21FN6O.ClH/c1-2-19(27-23-15-5-3-4-6-16(15)24-27)26-10-9-22-17(12-26)20-14-8-7-13(21)11-18(14)28-25-20;/h3-8,11,17,19,22H,2,9-10,12H2,1H3;1H. The van der Waals surface area contributed by atoms with E-state index >= 15 is 0 Å². The second-order valence-corrected chi connectivity index (χ2v) is 7.11. The van der Waals surface area contributed by atoms with Gasteiger partial charge in [0.25, 0.3) is 0 Å². The van der Waals surface area contributed by atoms with E-state index in [0.29, 0.717) is 5.58 Å². The molecule has 1 aliphatic rings. The zero-order valence-electron chi connectivity index (χ0n) is 16.0. The highest BCUT2D eigenvalue weighted by atomic mass is 35.5. The maximum atomic E-state index is 13.4. The predicted molar refractivity (Wildman–Crippen MR) is 110 cm³/mol. The average Bonchev–Trinajstić information content (AvgIpc) is 3.32. The van der Waals surface area contributed by atoms with Crippen LogP contribution in [0.5, 0.6) is 0 Å². The van der Waals surface area contributed by atoms with Crippen LogP contribution in [0.25, 0.3) is 22.0 Å². The number of nitrogens with zero attached hydrogens (tertiary/aromatic N) is 5. The lowest BCUT2D eigenvalue weighted by Crippen LogP contribution is -2.48. The summed E-state index contributed by atoms with van der Waals surface area (Å²) >= 11 is 0. The molecule has 0 bridgehead atoms. The smallest absolute Gasteiger partial charge is 0.170 e. The lowest BCUT2D eigenvalue weighted by atomic mass is 10.1. The van der Waals surface area contributed by atoms with Gasteiger partial charge in [0.1, 0.15) is 28.7 Å². The highest BCUT2D eigenvalue weighted by molar-refractivity contribution is 5.85. The molecule has 1 aliphatic heterocycles. The molecule has 0 saturated carbocycles. The van der Waals surface area contributed by atoms with Gasteiger partial charge in [-0.05, 0) is 30.7 Å². The van der Waals surface area contributed by atoms with E-state index in [1.165, 1.54) is 12.1 Å². The first kappa shape index (κ1) is 19.8. The van der Waals surface area contributed by atoms with Gasteiger partial charge in [0, 0.05) is 31.1 Å². The molecule has 4 aromatic rings. The Labute approximate surface area is 173 Å². The third kappa shape index (κ3) is 3.59. The molecule has 1 fully saturated rings. The van der Waals surface area contributed by atoms with Gasteiger partial charge in [0.15, 0.2) is 5.58 Å². The van der Waals surface area contributed by atoms with E-state index in [1.807, 2.05) is 29.1 Å². The average molecular weight is 417 g/mol. The van der Waals surface area contributed by atoms with Crippen LogP contribution in [0.15, 0.2) is 47.0 Å². The van der Waals surface area contributed by atoms with Crippen LogP contribution in [-0.4, -0.2) is 44.7 Å². The lowest BCUT2D eigenvalue weighted by molar-refractivity contribution is 0.0754. The molecule has 9 heteroatoms. The number of aromatic nitrogens is 4. The van der Waals surface area contributed by atoms with Gasteiger partial charge in [-0.25, -0.2) is 4.39 Å². The van der Waals surface area contributed by atoms with Gasteiger partial charge >= 0.3 is 0 Å². The van der Waals surface area contributed by atoms with Crippen molar-refractivity contribution in [2.45, 2.75) is 25.6 Å². The van der Waals surface area contributed by atoms with Crippen LogP contribution < -0.4 is 5.32 Å². The fourth-order valence-corrected chi connectivity index (χ4v) is 3.99. The van der Waals surface area contributed by atoms with Crippen LogP contribution >= 0.6 is 12.4 Å². The van der Waals surface area contributed by atoms with Gasteiger partial charge in [0.05, 0.1) is 6.04 Å². The molecule has 2 aromatic carbocycles. The van der Waals surface area contributed by atoms with Gasteiger partial charge in [0.2, 0.25) is 0 Å². The molecule has 29 heavy (non-hydrogen) atoms. The summed E-state index contributed by atoms with van der Waals surface area (Å²) < 4.78 is 18.8. The summed E-state index contributed by atoms with van der Waals surface area (Å²) in [7, 11) is 0. The van der Waals surface area contributed by atoms with E-state index in [4.69, 9.17) is 4.52 Å². The summed E-state index contributed by atoms with van der Waals surface area (Å²) in [5.74, 6) is -0.323. The molecule has 1 N–H and O–H groups in total. The van der Waals surface area contributed by atoms with Crippen molar-refractivity contribution in [3.63, 3.8) is 0 Å². The summed E-state index contributed by atoms with van der Waals surface area (Å²) in [5.41, 5.74) is 3.09. The Morgan fingerprint density at radius 2 is 1.97 bits per heavy atom. The Morgan fingerprint density at radius 1 is 1.21 bits per heavy atom. The van der Waals surface area contributed by atoms with Crippen molar-refractivity contribution in [1.29, 1.82) is 0 Å². The topological polar surface area (TPSA) is 72.0 Å². The quantitative estimate of drug-likeness (QED) is 0.547. The number of piperazine rings is 1. The third-order valence-electron chi connectivity index (χ3n) is 5.35. The molecule has 0 amide bonds. The highest BCUT2D eigenvalue weighted by Gasteiger charge is 2.30. The van der Waals surface area contributed by atoms with Crippen molar-refractivity contribution in [2.24, 2.45) is 0 Å². The Hall–Kier alpha value is -2.55. The van der Waals surface area contributed by atoms with Crippen LogP contribution in [-0.2, 0) is 0 Å². The number of benzene rings is 2. The molecule has 5 rings (SSSR count). The maximum Gasteiger partial charge on any atom is 0.170 e. The normalized spacial score (nSPS) is 18.8. The number of halogens is 2. The van der Waals surface area contributed by atoms with E-state index in [2.05, 4.69) is 32.5 Å². The Kier molecular flexibility index (Phi) is 5.49. The largest absolute Gasteiger partial charge is 0.356 e. The zero-order chi connectivity index (χ0) is 19.1. The molecule has 0 spiro atoms. The SMILES string of the molecule is CCC(N1CCNC(c2noc3cc(F)ccc23)C1)n1nc2ccccc2n1.Cl. The summed E-state index contributed by atoms with van der Waals surface area (Å²) in [6.45, 7) is 4.59. The Morgan fingerprint density at radius 3 is 2.69 bits per heavy atom. The maximum absolute atomic E-state index is 13.4. The molecule has 0 radical (unpaired) electrons. The van der Waals surface area contributed by atoms with Crippen molar-refractivity contribution >= 4 is 34.4 Å². The van der Waals surface area contributed by atoms with Crippen molar-refractivity contribution in [3.8, 4) is 0 Å². The van der Waals surface area contributed by atoms with Crippen LogP contribution in [0.2, 0.25) is 0 Å². The van der Waals surface area contributed by atoms with Gasteiger partial charge < -0.3 is 9.84 Å². The van der Waals surface area contributed by atoms with Gasteiger partial charge in [-0.2, -0.15) is 15.0 Å². The summed E-state index contributed by atoms with van der Waals surface area (Å²) in [4.78, 5) is 4.19. The van der Waals surface area contributed by atoms with E-state index in [1.54, 1.807) is 6.07 Å². The molecule has 7 nitrogen and oxygen atoms in total. The first-order valence-electron chi connectivity index (χ1n) is 9.57. The van der Waals surface area contributed by atoms with Crippen LogP contribution in [0.4, 0.5) is 4.39 Å². The Balaban J connectivity index is 0.00000205. The number of hydrogen-bond acceptors (Lipinski definition) is 6. The third-order valence-corrected chi connectivity index (χ3v) is 5.35. The molecule has 2 unspecified atom stereocenters. The fourth-order valence-electron chi connectivity index (χ4n) is 3.99. The first-order chi connectivity index (χ1) is 13.7. The molecular weight excluding hydrogens is 395 g/mol. The number of nitrogens with one attached hydrogen (secondary N) is 1. The first-order valence-corrected chi connectivity index (χ1v) is 9.57. The summed E-state index contributed by atoms with van der Waals surface area (Å²) in [6.07, 6.45) is 0.950. The van der Waals surface area contributed by atoms with E-state index < -0.39 is 0 Å². The van der Waals surface area contributed by atoms with Crippen LogP contribution in [0.1, 0.15) is 31.2 Å². The lowest BCUT2D eigenvalue weighted by Gasteiger charge is -2.37. The van der Waals surface area contributed by atoms with Crippen molar-refractivity contribution in [1.82, 2.24) is 30.4 Å². The number of hydrogen-bond donors (Lipinski definition) is 1. The fraction of sp³-hybridized carbons (Fsp3) is 0.350. The van der Waals surface area contributed by atoms with Crippen molar-refractivity contribution in [2.75, 3.05) is 19.6 Å². The van der Waals surface area contributed by atoms with E-state index in [9.17, 15) is 4.39 Å². The van der Waals surface area contributed by atoms with Gasteiger partial charge in [-0.15, -0.1) is 12.4 Å². The summed E-state index contributed by atoms with van der Waals surface area (Å²) in [6, 6.07) is 12.5. The van der Waals surface area contributed by atoms with Crippen molar-refractivity contribution < 1.29 is 8.91 Å². The van der Waals surface area contributed by atoms with Crippen LogP contribution in [0.3, 0.4) is 0 Å². The van der Waals surface area contributed by atoms with E-state index in [-0.39, 0.29) is 30.4 Å². The highest BCUT2D eigenvalue weighted by Crippen LogP contribution is 2.29. The van der Waals surface area contributed by atoms with Crippen LogP contribution in [0, 0.1) is 5.82 Å². The molecule has 2 aromatic heterocycles. The van der Waals surface area contributed by atoms with Gasteiger partial charge in [-0.3, -0.25) is 4.90 Å². The minimum absolute atomic E-state index is 0. The minimum Gasteiger partial charge on any atom is -0.356 e. The second-order valence-electron chi connectivity index (χ2n) is 7.11. The van der Waals surface area contributed by atoms with Crippen molar-refractivity contribution in [3.05, 3.63) is 54.0 Å². The number of fused-ring (bicyclic) bond motifs is 2. The Bertz CT molecular complexity index is 1100. The van der Waals surface area contributed by atoms with E-state index in [0.717, 1.165) is 48.2 Å². The molecule has 2 atom stereocenters. The zero-order valence-corrected chi connectivity index (χ0v) is 16.8. The minimum atomic E-state index is -0.323. The molecule has 152 valence electrons. The molecule has 3 heterocycles. The predicted octanol–water partition coefficient (Wildman–Crippen LogP) is 3.69. The monoisotopic (exact) mass is 416 g/mol. The van der Waals surface area contributed by atoms with Gasteiger partial charge in [-0.1, -0.05) is 24.2 Å². The molecule has 1 saturated heterocycles. The number of rotatable bonds is 4. The molecule has 0 aliphatic carbocycles. The molecular formula is C20H22ClFN6O. The summed E-state index contributed by atoms with van der Waals surface area (Å²) in [5, 5.41) is 17.9. The second kappa shape index (κ2) is 8.06.